The summed E-state index contributed by atoms with van der Waals surface area (Å²) in [5.41, 5.74) is 0.694. The van der Waals surface area contributed by atoms with E-state index in [1.165, 1.54) is 24.3 Å². The number of amides is 1. The van der Waals surface area contributed by atoms with Gasteiger partial charge in [-0.3, -0.25) is 4.79 Å². The van der Waals surface area contributed by atoms with Gasteiger partial charge in [0.25, 0.3) is 0 Å². The fraction of sp³-hybridized carbons (Fsp3) is 0.350. The lowest BCUT2D eigenvalue weighted by atomic mass is 10.2. The Morgan fingerprint density at radius 1 is 1.11 bits per heavy atom. The fourth-order valence-corrected chi connectivity index (χ4v) is 4.53. The van der Waals surface area contributed by atoms with Crippen molar-refractivity contribution in [1.82, 2.24) is 9.62 Å². The molecule has 0 saturated heterocycles. The molecule has 2 aromatic carbocycles. The number of carbonyl (C=O) groups excluding carboxylic acids is 1. The zero-order valence-corrected chi connectivity index (χ0v) is 18.2. The molecule has 0 radical (unpaired) electrons. The van der Waals surface area contributed by atoms with Gasteiger partial charge >= 0.3 is 0 Å². The number of benzene rings is 2. The first kappa shape index (κ1) is 22.7. The number of carbonyl (C=O) groups is 1. The number of halogens is 2. The molecule has 1 atom stereocenters. The molecule has 0 spiro atoms. The van der Waals surface area contributed by atoms with E-state index < -0.39 is 10.0 Å². The van der Waals surface area contributed by atoms with Crippen LogP contribution >= 0.6 is 23.2 Å². The Kier molecular flexibility index (Phi) is 8.31. The van der Waals surface area contributed by atoms with Gasteiger partial charge in [0.05, 0.1) is 11.4 Å². The van der Waals surface area contributed by atoms with Crippen LogP contribution in [-0.2, 0) is 21.4 Å². The lowest BCUT2D eigenvalue weighted by Gasteiger charge is -2.23. The normalized spacial score (nSPS) is 12.8. The molecule has 0 fully saturated rings. The van der Waals surface area contributed by atoms with Crippen molar-refractivity contribution in [3.63, 3.8) is 0 Å². The Morgan fingerprint density at radius 2 is 1.79 bits per heavy atom. The second-order valence-electron chi connectivity index (χ2n) is 6.61. The van der Waals surface area contributed by atoms with Crippen LogP contribution in [-0.4, -0.2) is 31.2 Å². The second kappa shape index (κ2) is 10.3. The first-order valence-electron chi connectivity index (χ1n) is 9.02. The SMILES string of the molecule is CCC[C@@H](C)NC(=O)CN(Cc1cccc(Cl)c1)S(=O)(=O)c1ccc(Cl)cc1. The summed E-state index contributed by atoms with van der Waals surface area (Å²) >= 11 is 11.9. The molecule has 0 aliphatic carbocycles. The molecule has 0 saturated carbocycles. The van der Waals surface area contributed by atoms with Crippen molar-refractivity contribution in [2.75, 3.05) is 6.54 Å². The predicted octanol–water partition coefficient (Wildman–Crippen LogP) is 4.49. The van der Waals surface area contributed by atoms with Gasteiger partial charge in [-0.25, -0.2) is 8.42 Å². The van der Waals surface area contributed by atoms with Crippen LogP contribution in [0, 0.1) is 0 Å². The maximum Gasteiger partial charge on any atom is 0.243 e. The van der Waals surface area contributed by atoms with E-state index in [2.05, 4.69) is 5.32 Å². The van der Waals surface area contributed by atoms with Gasteiger partial charge < -0.3 is 5.32 Å². The van der Waals surface area contributed by atoms with Crippen LogP contribution in [0.4, 0.5) is 0 Å². The summed E-state index contributed by atoms with van der Waals surface area (Å²) in [5.74, 6) is -0.347. The maximum absolute atomic E-state index is 13.1. The average molecular weight is 443 g/mol. The summed E-state index contributed by atoms with van der Waals surface area (Å²) in [6.07, 6.45) is 1.75. The molecule has 1 N–H and O–H groups in total. The molecule has 1 amide bonds. The number of rotatable bonds is 9. The van der Waals surface area contributed by atoms with E-state index in [9.17, 15) is 13.2 Å². The van der Waals surface area contributed by atoms with E-state index in [0.717, 1.165) is 17.1 Å². The number of hydrogen-bond donors (Lipinski definition) is 1. The van der Waals surface area contributed by atoms with Gasteiger partial charge in [0.1, 0.15) is 0 Å². The summed E-state index contributed by atoms with van der Waals surface area (Å²) in [4.78, 5) is 12.5. The monoisotopic (exact) mass is 442 g/mol. The van der Waals surface area contributed by atoms with E-state index in [1.54, 1.807) is 24.3 Å². The number of nitrogens with zero attached hydrogens (tertiary/aromatic N) is 1. The highest BCUT2D eigenvalue weighted by atomic mass is 35.5. The first-order valence-corrected chi connectivity index (χ1v) is 11.2. The van der Waals surface area contributed by atoms with E-state index in [1.807, 2.05) is 13.8 Å². The Balaban J connectivity index is 2.29. The van der Waals surface area contributed by atoms with Crippen LogP contribution in [0.3, 0.4) is 0 Å². The highest BCUT2D eigenvalue weighted by Crippen LogP contribution is 2.21. The van der Waals surface area contributed by atoms with Gasteiger partial charge in [0.2, 0.25) is 15.9 Å². The van der Waals surface area contributed by atoms with Crippen LogP contribution in [0.25, 0.3) is 0 Å². The molecule has 8 heteroatoms. The Bertz CT molecular complexity index is 902. The molecule has 28 heavy (non-hydrogen) atoms. The van der Waals surface area contributed by atoms with Crippen molar-refractivity contribution < 1.29 is 13.2 Å². The highest BCUT2D eigenvalue weighted by molar-refractivity contribution is 7.89. The van der Waals surface area contributed by atoms with Gasteiger partial charge in [0, 0.05) is 22.6 Å². The quantitative estimate of drug-likeness (QED) is 0.621. The van der Waals surface area contributed by atoms with Crippen LogP contribution in [0.15, 0.2) is 53.4 Å². The molecule has 2 aromatic rings. The van der Waals surface area contributed by atoms with Crippen molar-refractivity contribution in [2.45, 2.75) is 44.2 Å². The third kappa shape index (κ3) is 6.48. The second-order valence-corrected chi connectivity index (χ2v) is 9.42. The minimum atomic E-state index is -3.90. The smallest absolute Gasteiger partial charge is 0.243 e. The minimum absolute atomic E-state index is 0.0243. The standard InChI is InChI=1S/C20H24Cl2N2O3S/c1-3-5-15(2)23-20(25)14-24(13-16-6-4-7-18(22)12-16)28(26,27)19-10-8-17(21)9-11-19/h4,6-12,15H,3,5,13-14H2,1-2H3,(H,23,25)/t15-/m1/s1. The molecule has 0 aromatic heterocycles. The highest BCUT2D eigenvalue weighted by Gasteiger charge is 2.27. The number of hydrogen-bond acceptors (Lipinski definition) is 3. The summed E-state index contributed by atoms with van der Waals surface area (Å²) in [5, 5.41) is 3.79. The number of nitrogens with one attached hydrogen (secondary N) is 1. The molecular weight excluding hydrogens is 419 g/mol. The third-order valence-electron chi connectivity index (χ3n) is 4.15. The van der Waals surface area contributed by atoms with Crippen molar-refractivity contribution in [1.29, 1.82) is 0 Å². The molecule has 0 aliphatic rings. The first-order chi connectivity index (χ1) is 13.2. The van der Waals surface area contributed by atoms with E-state index in [0.29, 0.717) is 15.6 Å². The van der Waals surface area contributed by atoms with Crippen molar-refractivity contribution in [2.24, 2.45) is 0 Å². The number of sulfonamides is 1. The van der Waals surface area contributed by atoms with Gasteiger partial charge in [-0.15, -0.1) is 0 Å². The Labute approximate surface area is 176 Å². The zero-order valence-electron chi connectivity index (χ0n) is 15.9. The largest absolute Gasteiger partial charge is 0.353 e. The average Bonchev–Trinajstić information content (AvgIpc) is 2.61. The molecular formula is C20H24Cl2N2O3S. The Hall–Kier alpha value is -1.60. The molecule has 5 nitrogen and oxygen atoms in total. The van der Waals surface area contributed by atoms with Crippen LogP contribution in [0.2, 0.25) is 10.0 Å². The molecule has 152 valence electrons. The van der Waals surface area contributed by atoms with Gasteiger partial charge in [-0.05, 0) is 55.3 Å². The fourth-order valence-electron chi connectivity index (χ4n) is 2.81. The van der Waals surface area contributed by atoms with Crippen molar-refractivity contribution >= 4 is 39.1 Å². The Morgan fingerprint density at radius 3 is 2.39 bits per heavy atom. The zero-order chi connectivity index (χ0) is 20.7. The summed E-state index contributed by atoms with van der Waals surface area (Å²) in [6, 6.07) is 12.8. The molecule has 0 bridgehead atoms. The molecule has 0 heterocycles. The van der Waals surface area contributed by atoms with Gasteiger partial charge in [-0.1, -0.05) is 48.7 Å². The maximum atomic E-state index is 13.1. The van der Waals surface area contributed by atoms with Crippen LogP contribution in [0.1, 0.15) is 32.3 Å². The van der Waals surface area contributed by atoms with Crippen molar-refractivity contribution in [3.05, 3.63) is 64.1 Å². The van der Waals surface area contributed by atoms with Crippen LogP contribution in [0.5, 0.6) is 0 Å². The molecule has 2 rings (SSSR count). The van der Waals surface area contributed by atoms with Crippen LogP contribution < -0.4 is 5.32 Å². The molecule has 0 unspecified atom stereocenters. The predicted molar refractivity (Wildman–Crippen MR) is 113 cm³/mol. The minimum Gasteiger partial charge on any atom is -0.353 e. The summed E-state index contributed by atoms with van der Waals surface area (Å²) in [7, 11) is -3.90. The topological polar surface area (TPSA) is 66.5 Å². The van der Waals surface area contributed by atoms with Gasteiger partial charge in [-0.2, -0.15) is 4.31 Å². The summed E-state index contributed by atoms with van der Waals surface area (Å²) < 4.78 is 27.4. The van der Waals surface area contributed by atoms with E-state index in [-0.39, 0.29) is 29.9 Å². The van der Waals surface area contributed by atoms with E-state index in [4.69, 9.17) is 23.2 Å². The summed E-state index contributed by atoms with van der Waals surface area (Å²) in [6.45, 7) is 3.67. The van der Waals surface area contributed by atoms with E-state index >= 15 is 0 Å². The lowest BCUT2D eigenvalue weighted by Crippen LogP contribution is -2.43. The lowest BCUT2D eigenvalue weighted by molar-refractivity contribution is -0.122. The third-order valence-corrected chi connectivity index (χ3v) is 6.44. The van der Waals surface area contributed by atoms with Gasteiger partial charge in [0.15, 0.2) is 0 Å². The van der Waals surface area contributed by atoms with Crippen molar-refractivity contribution in [3.8, 4) is 0 Å². The molecule has 0 aliphatic heterocycles.